The summed E-state index contributed by atoms with van der Waals surface area (Å²) in [6, 6.07) is 13.0. The van der Waals surface area contributed by atoms with Gasteiger partial charge in [-0.15, -0.1) is 0 Å². The molecule has 0 bridgehead atoms. The summed E-state index contributed by atoms with van der Waals surface area (Å²) in [5.41, 5.74) is 2.04. The minimum Gasteiger partial charge on any atom is -0.478 e. The number of fused-ring (bicyclic) bond motifs is 1. The van der Waals surface area contributed by atoms with Crippen LogP contribution in [-0.2, 0) is 6.42 Å². The van der Waals surface area contributed by atoms with Crippen molar-refractivity contribution in [3.63, 3.8) is 0 Å². The summed E-state index contributed by atoms with van der Waals surface area (Å²) in [5, 5.41) is 9.28. The summed E-state index contributed by atoms with van der Waals surface area (Å²) >= 11 is 0. The number of aromatic carboxylic acids is 1. The van der Waals surface area contributed by atoms with Crippen LogP contribution in [0.4, 0.5) is 0 Å². The van der Waals surface area contributed by atoms with Crippen LogP contribution in [-0.4, -0.2) is 17.9 Å². The van der Waals surface area contributed by atoms with E-state index < -0.39 is 5.97 Å². The van der Waals surface area contributed by atoms with Gasteiger partial charge in [0.1, 0.15) is 0 Å². The zero-order valence-electron chi connectivity index (χ0n) is 10.1. The van der Waals surface area contributed by atoms with Gasteiger partial charge < -0.3 is 14.6 Å². The molecule has 1 N–H and O–H groups in total. The van der Waals surface area contributed by atoms with E-state index in [1.165, 1.54) is 6.07 Å². The van der Waals surface area contributed by atoms with Crippen molar-refractivity contribution in [1.29, 1.82) is 0 Å². The highest BCUT2D eigenvalue weighted by molar-refractivity contribution is 5.90. The zero-order valence-corrected chi connectivity index (χ0v) is 10.1. The fraction of sp³-hybridized carbons (Fsp3) is 0.133. The monoisotopic (exact) mass is 256 g/mol. The standard InChI is InChI=1S/C15H12O4/c16-15(17)12-8-14-13(18-9-19-14)7-11(12)6-10-4-2-1-3-5-10/h1-5,7-8H,6,9H2,(H,16,17). The Balaban J connectivity index is 2.02. The van der Waals surface area contributed by atoms with Gasteiger partial charge in [0.05, 0.1) is 5.56 Å². The van der Waals surface area contributed by atoms with Crippen LogP contribution in [0.25, 0.3) is 0 Å². The maximum absolute atomic E-state index is 11.3. The van der Waals surface area contributed by atoms with E-state index in [0.717, 1.165) is 11.1 Å². The number of rotatable bonds is 3. The number of benzene rings is 2. The first kappa shape index (κ1) is 11.6. The van der Waals surface area contributed by atoms with Crippen LogP contribution in [0.5, 0.6) is 11.5 Å². The molecule has 19 heavy (non-hydrogen) atoms. The van der Waals surface area contributed by atoms with Gasteiger partial charge in [-0.05, 0) is 29.7 Å². The van der Waals surface area contributed by atoms with E-state index in [2.05, 4.69) is 0 Å². The van der Waals surface area contributed by atoms with Crippen molar-refractivity contribution in [2.24, 2.45) is 0 Å². The third-order valence-electron chi connectivity index (χ3n) is 3.07. The van der Waals surface area contributed by atoms with Gasteiger partial charge in [-0.25, -0.2) is 4.79 Å². The minimum absolute atomic E-state index is 0.142. The first-order valence-corrected chi connectivity index (χ1v) is 5.94. The van der Waals surface area contributed by atoms with Crippen molar-refractivity contribution in [3.05, 3.63) is 59.2 Å². The maximum atomic E-state index is 11.3. The molecule has 0 aromatic heterocycles. The second kappa shape index (κ2) is 4.65. The van der Waals surface area contributed by atoms with Crippen molar-refractivity contribution in [1.82, 2.24) is 0 Å². The fourth-order valence-electron chi connectivity index (χ4n) is 2.15. The third-order valence-corrected chi connectivity index (χ3v) is 3.07. The van der Waals surface area contributed by atoms with Crippen LogP contribution in [0, 0.1) is 0 Å². The minimum atomic E-state index is -0.954. The molecule has 0 saturated carbocycles. The van der Waals surface area contributed by atoms with Crippen molar-refractivity contribution >= 4 is 5.97 Å². The normalized spacial score (nSPS) is 12.4. The van der Waals surface area contributed by atoms with E-state index in [1.54, 1.807) is 6.07 Å². The van der Waals surface area contributed by atoms with Crippen molar-refractivity contribution in [3.8, 4) is 11.5 Å². The summed E-state index contributed by atoms with van der Waals surface area (Å²) in [5.74, 6) is 0.148. The lowest BCUT2D eigenvalue weighted by atomic mass is 9.99. The Morgan fingerprint density at radius 2 is 1.79 bits per heavy atom. The van der Waals surface area contributed by atoms with Crippen LogP contribution in [0.3, 0.4) is 0 Å². The summed E-state index contributed by atoms with van der Waals surface area (Å²) in [6.07, 6.45) is 0.555. The molecule has 0 saturated heterocycles. The Hall–Kier alpha value is -2.49. The number of ether oxygens (including phenoxy) is 2. The molecule has 4 heteroatoms. The Labute approximate surface area is 110 Å². The van der Waals surface area contributed by atoms with E-state index in [1.807, 2.05) is 30.3 Å². The molecule has 0 amide bonds. The van der Waals surface area contributed by atoms with Gasteiger partial charge in [-0.1, -0.05) is 30.3 Å². The quantitative estimate of drug-likeness (QED) is 0.917. The van der Waals surface area contributed by atoms with E-state index in [9.17, 15) is 9.90 Å². The lowest BCUT2D eigenvalue weighted by Gasteiger charge is -2.08. The van der Waals surface area contributed by atoms with E-state index >= 15 is 0 Å². The molecule has 0 unspecified atom stereocenters. The molecule has 3 rings (SSSR count). The molecule has 1 aliphatic heterocycles. The second-order valence-electron chi connectivity index (χ2n) is 4.33. The van der Waals surface area contributed by atoms with Crippen molar-refractivity contribution in [2.75, 3.05) is 6.79 Å². The maximum Gasteiger partial charge on any atom is 0.336 e. The molecular weight excluding hydrogens is 244 g/mol. The van der Waals surface area contributed by atoms with Crippen LogP contribution in [0.15, 0.2) is 42.5 Å². The third kappa shape index (κ3) is 2.25. The first-order chi connectivity index (χ1) is 9.24. The molecule has 0 spiro atoms. The smallest absolute Gasteiger partial charge is 0.336 e. The summed E-state index contributed by atoms with van der Waals surface area (Å²) in [7, 11) is 0. The van der Waals surface area contributed by atoms with Crippen LogP contribution in [0.2, 0.25) is 0 Å². The van der Waals surface area contributed by atoms with Gasteiger partial charge in [0.2, 0.25) is 6.79 Å². The van der Waals surface area contributed by atoms with Crippen LogP contribution >= 0.6 is 0 Å². The Bertz CT molecular complexity index is 620. The van der Waals surface area contributed by atoms with Gasteiger partial charge >= 0.3 is 5.97 Å². The summed E-state index contributed by atoms with van der Waals surface area (Å²) in [4.78, 5) is 11.3. The van der Waals surface area contributed by atoms with Gasteiger partial charge in [-0.2, -0.15) is 0 Å². The second-order valence-corrected chi connectivity index (χ2v) is 4.33. The van der Waals surface area contributed by atoms with Crippen molar-refractivity contribution in [2.45, 2.75) is 6.42 Å². The highest BCUT2D eigenvalue weighted by atomic mass is 16.7. The molecule has 0 aliphatic carbocycles. The molecule has 0 atom stereocenters. The summed E-state index contributed by atoms with van der Waals surface area (Å²) in [6.45, 7) is 0.142. The van der Waals surface area contributed by atoms with E-state index in [-0.39, 0.29) is 12.4 Å². The Morgan fingerprint density at radius 3 is 2.47 bits per heavy atom. The molecular formula is C15H12O4. The molecule has 2 aromatic carbocycles. The van der Waals surface area contributed by atoms with E-state index in [0.29, 0.717) is 17.9 Å². The highest BCUT2D eigenvalue weighted by Gasteiger charge is 2.20. The number of hydrogen-bond acceptors (Lipinski definition) is 3. The predicted octanol–water partition coefficient (Wildman–Crippen LogP) is 2.70. The highest BCUT2D eigenvalue weighted by Crippen LogP contribution is 2.35. The van der Waals surface area contributed by atoms with Gasteiger partial charge in [0.25, 0.3) is 0 Å². The average Bonchev–Trinajstić information content (AvgIpc) is 2.86. The Kier molecular flexibility index (Phi) is 2.83. The molecule has 2 aromatic rings. The zero-order chi connectivity index (χ0) is 13.2. The van der Waals surface area contributed by atoms with Crippen molar-refractivity contribution < 1.29 is 19.4 Å². The number of carboxylic acids is 1. The number of carbonyl (C=O) groups is 1. The SMILES string of the molecule is O=C(O)c1cc2c(cc1Cc1ccccc1)OCO2. The molecule has 0 radical (unpaired) electrons. The molecule has 4 nitrogen and oxygen atoms in total. The number of hydrogen-bond donors (Lipinski definition) is 1. The Morgan fingerprint density at radius 1 is 1.11 bits per heavy atom. The summed E-state index contributed by atoms with van der Waals surface area (Å²) < 4.78 is 10.5. The molecule has 0 fully saturated rings. The molecule has 96 valence electrons. The molecule has 1 aliphatic rings. The average molecular weight is 256 g/mol. The topological polar surface area (TPSA) is 55.8 Å². The number of carboxylic acid groups (broad SMARTS) is 1. The lowest BCUT2D eigenvalue weighted by Crippen LogP contribution is -2.03. The largest absolute Gasteiger partial charge is 0.478 e. The van der Waals surface area contributed by atoms with Gasteiger partial charge in [0.15, 0.2) is 11.5 Å². The van der Waals surface area contributed by atoms with E-state index in [4.69, 9.17) is 9.47 Å². The first-order valence-electron chi connectivity index (χ1n) is 5.94. The molecule has 1 heterocycles. The lowest BCUT2D eigenvalue weighted by molar-refractivity contribution is 0.0695. The fourth-order valence-corrected chi connectivity index (χ4v) is 2.15. The van der Waals surface area contributed by atoms with Gasteiger partial charge in [0, 0.05) is 0 Å². The van der Waals surface area contributed by atoms with Crippen LogP contribution in [0.1, 0.15) is 21.5 Å². The predicted molar refractivity (Wildman–Crippen MR) is 68.8 cm³/mol. The van der Waals surface area contributed by atoms with Gasteiger partial charge in [-0.3, -0.25) is 0 Å². The van der Waals surface area contributed by atoms with Crippen LogP contribution < -0.4 is 9.47 Å².